The summed E-state index contributed by atoms with van der Waals surface area (Å²) in [6.45, 7) is 0.317. The first-order valence-corrected chi connectivity index (χ1v) is 6.65. The third-order valence-corrected chi connectivity index (χ3v) is 3.64. The average Bonchev–Trinajstić information content (AvgIpc) is 2.47. The zero-order chi connectivity index (χ0) is 15.0. The van der Waals surface area contributed by atoms with Gasteiger partial charge in [0.2, 0.25) is 0 Å². The van der Waals surface area contributed by atoms with Crippen molar-refractivity contribution in [2.75, 3.05) is 11.4 Å². The van der Waals surface area contributed by atoms with Crippen LogP contribution >= 0.6 is 0 Å². The van der Waals surface area contributed by atoms with E-state index >= 15 is 0 Å². The molecule has 1 atom stereocenters. The number of halogens is 1. The first-order chi connectivity index (χ1) is 10.1. The Labute approximate surface area is 121 Å². The van der Waals surface area contributed by atoms with Gasteiger partial charge in [-0.15, -0.1) is 0 Å². The van der Waals surface area contributed by atoms with Crippen molar-refractivity contribution in [3.8, 4) is 5.75 Å². The Morgan fingerprint density at radius 2 is 2.00 bits per heavy atom. The molecule has 0 saturated heterocycles. The van der Waals surface area contributed by atoms with Gasteiger partial charge in [-0.25, -0.2) is 4.39 Å². The fourth-order valence-electron chi connectivity index (χ4n) is 2.58. The van der Waals surface area contributed by atoms with E-state index in [2.05, 4.69) is 0 Å². The molecule has 1 unspecified atom stereocenters. The van der Waals surface area contributed by atoms with Crippen molar-refractivity contribution in [3.05, 3.63) is 59.4 Å². The number of benzene rings is 2. The van der Waals surface area contributed by atoms with Gasteiger partial charge in [0, 0.05) is 23.9 Å². The Hall–Kier alpha value is -2.40. The molecule has 21 heavy (non-hydrogen) atoms. The molecule has 0 saturated carbocycles. The lowest BCUT2D eigenvalue weighted by molar-refractivity contribution is 0.0966. The Kier molecular flexibility index (Phi) is 3.35. The van der Waals surface area contributed by atoms with Gasteiger partial charge in [-0.05, 0) is 24.6 Å². The number of carbonyl (C=O) groups excluding carboxylic acids is 1. The molecule has 0 radical (unpaired) electrons. The number of phenols is 1. The maximum atomic E-state index is 13.9. The summed E-state index contributed by atoms with van der Waals surface area (Å²) in [6.07, 6.45) is -0.211. The van der Waals surface area contributed by atoms with Gasteiger partial charge in [0.05, 0.1) is 11.7 Å². The van der Waals surface area contributed by atoms with E-state index in [0.717, 1.165) is 6.07 Å². The van der Waals surface area contributed by atoms with Crippen molar-refractivity contribution in [2.24, 2.45) is 0 Å². The smallest absolute Gasteiger partial charge is 0.261 e. The number of para-hydroxylation sites is 1. The first-order valence-electron chi connectivity index (χ1n) is 6.65. The number of phenolic OH excluding ortho intramolecular Hbond substituents is 1. The van der Waals surface area contributed by atoms with Crippen LogP contribution in [-0.2, 0) is 0 Å². The predicted octanol–water partition coefficient (Wildman–Crippen LogP) is 2.62. The number of anilines is 1. The van der Waals surface area contributed by atoms with E-state index in [-0.39, 0.29) is 11.3 Å². The molecule has 2 aromatic rings. The molecule has 0 spiro atoms. The fourth-order valence-corrected chi connectivity index (χ4v) is 2.58. The maximum Gasteiger partial charge on any atom is 0.261 e. The number of rotatable bonds is 1. The third kappa shape index (κ3) is 2.36. The molecule has 5 heteroatoms. The number of hydrogen-bond acceptors (Lipinski definition) is 3. The molecule has 0 bridgehead atoms. The minimum Gasteiger partial charge on any atom is -0.508 e. The predicted molar refractivity (Wildman–Crippen MR) is 75.8 cm³/mol. The molecular weight excluding hydrogens is 273 g/mol. The van der Waals surface area contributed by atoms with Gasteiger partial charge >= 0.3 is 0 Å². The molecule has 108 valence electrons. The number of nitrogens with zero attached hydrogens (tertiary/aromatic N) is 1. The van der Waals surface area contributed by atoms with E-state index in [1.807, 2.05) is 0 Å². The highest BCUT2D eigenvalue weighted by molar-refractivity contribution is 6.07. The fraction of sp³-hybridized carbons (Fsp3) is 0.188. The number of amides is 1. The Balaban J connectivity index is 2.01. The van der Waals surface area contributed by atoms with Gasteiger partial charge < -0.3 is 15.1 Å². The van der Waals surface area contributed by atoms with E-state index in [4.69, 9.17) is 0 Å². The number of aliphatic hydroxyl groups excluding tert-OH is 1. The maximum absolute atomic E-state index is 13.9. The summed E-state index contributed by atoms with van der Waals surface area (Å²) in [5, 5.41) is 19.2. The summed E-state index contributed by atoms with van der Waals surface area (Å²) < 4.78 is 13.9. The SMILES string of the molecule is O=C(c1ccc(O)cc1F)N1CCC(O)c2ccccc21. The highest BCUT2D eigenvalue weighted by atomic mass is 19.1. The Morgan fingerprint density at radius 3 is 2.76 bits per heavy atom. The molecule has 1 aliphatic rings. The standard InChI is InChI=1S/C16H14FNO3/c17-13-9-10(19)5-6-11(13)16(21)18-8-7-15(20)12-3-1-2-4-14(12)18/h1-6,9,15,19-20H,7-8H2. The van der Waals surface area contributed by atoms with Gasteiger partial charge in [0.15, 0.2) is 0 Å². The Morgan fingerprint density at radius 1 is 1.24 bits per heavy atom. The number of aromatic hydroxyl groups is 1. The molecule has 0 aliphatic carbocycles. The van der Waals surface area contributed by atoms with Gasteiger partial charge in [0.1, 0.15) is 11.6 Å². The minimum absolute atomic E-state index is 0.0982. The highest BCUT2D eigenvalue weighted by Gasteiger charge is 2.29. The quantitative estimate of drug-likeness (QED) is 0.847. The van der Waals surface area contributed by atoms with E-state index in [1.165, 1.54) is 17.0 Å². The Bertz CT molecular complexity index is 702. The van der Waals surface area contributed by atoms with Crippen LogP contribution in [0.2, 0.25) is 0 Å². The van der Waals surface area contributed by atoms with Gasteiger partial charge in [0.25, 0.3) is 5.91 Å². The van der Waals surface area contributed by atoms with Crippen LogP contribution in [0, 0.1) is 5.82 Å². The second kappa shape index (κ2) is 5.18. The average molecular weight is 287 g/mol. The van der Waals surface area contributed by atoms with Gasteiger partial charge in [-0.1, -0.05) is 18.2 Å². The lowest BCUT2D eigenvalue weighted by Crippen LogP contribution is -2.37. The van der Waals surface area contributed by atoms with Crippen LogP contribution in [0.15, 0.2) is 42.5 Å². The normalized spacial score (nSPS) is 17.4. The summed E-state index contributed by atoms with van der Waals surface area (Å²) >= 11 is 0. The molecule has 1 aliphatic heterocycles. The van der Waals surface area contributed by atoms with Crippen LogP contribution in [0.1, 0.15) is 28.4 Å². The minimum atomic E-state index is -0.761. The molecule has 2 aromatic carbocycles. The summed E-state index contributed by atoms with van der Waals surface area (Å²) in [6, 6.07) is 10.5. The van der Waals surface area contributed by atoms with Crippen LogP contribution in [0.4, 0.5) is 10.1 Å². The van der Waals surface area contributed by atoms with Crippen LogP contribution in [0.25, 0.3) is 0 Å². The van der Waals surface area contributed by atoms with E-state index in [0.29, 0.717) is 24.2 Å². The summed E-state index contributed by atoms with van der Waals surface area (Å²) in [5.41, 5.74) is 1.16. The van der Waals surface area contributed by atoms with E-state index < -0.39 is 17.8 Å². The summed E-state index contributed by atoms with van der Waals surface area (Å²) in [7, 11) is 0. The topological polar surface area (TPSA) is 60.8 Å². The monoisotopic (exact) mass is 287 g/mol. The summed E-state index contributed by atoms with van der Waals surface area (Å²) in [5.74, 6) is -1.46. The van der Waals surface area contributed by atoms with Gasteiger partial charge in [-0.3, -0.25) is 4.79 Å². The van der Waals surface area contributed by atoms with Crippen molar-refractivity contribution in [2.45, 2.75) is 12.5 Å². The second-order valence-corrected chi connectivity index (χ2v) is 4.98. The van der Waals surface area contributed by atoms with Crippen molar-refractivity contribution in [1.82, 2.24) is 0 Å². The lowest BCUT2D eigenvalue weighted by atomic mass is 9.98. The molecule has 1 amide bonds. The van der Waals surface area contributed by atoms with Gasteiger partial charge in [-0.2, -0.15) is 0 Å². The van der Waals surface area contributed by atoms with Crippen LogP contribution < -0.4 is 4.90 Å². The van der Waals surface area contributed by atoms with Crippen molar-refractivity contribution < 1.29 is 19.4 Å². The first kappa shape index (κ1) is 13.6. The molecule has 0 fully saturated rings. The number of carbonyl (C=O) groups is 1. The molecule has 3 rings (SSSR count). The van der Waals surface area contributed by atoms with E-state index in [1.54, 1.807) is 24.3 Å². The number of hydrogen-bond donors (Lipinski definition) is 2. The van der Waals surface area contributed by atoms with Crippen LogP contribution in [-0.4, -0.2) is 22.7 Å². The van der Waals surface area contributed by atoms with Crippen molar-refractivity contribution in [3.63, 3.8) is 0 Å². The van der Waals surface area contributed by atoms with E-state index in [9.17, 15) is 19.4 Å². The lowest BCUT2D eigenvalue weighted by Gasteiger charge is -2.32. The number of aliphatic hydroxyl groups is 1. The molecule has 2 N–H and O–H groups in total. The molecule has 0 aromatic heterocycles. The van der Waals surface area contributed by atoms with Crippen LogP contribution in [0.3, 0.4) is 0 Å². The largest absolute Gasteiger partial charge is 0.508 e. The third-order valence-electron chi connectivity index (χ3n) is 3.64. The second-order valence-electron chi connectivity index (χ2n) is 4.98. The number of fused-ring (bicyclic) bond motifs is 1. The van der Waals surface area contributed by atoms with Crippen molar-refractivity contribution in [1.29, 1.82) is 0 Å². The zero-order valence-corrected chi connectivity index (χ0v) is 11.2. The molecular formula is C16H14FNO3. The highest BCUT2D eigenvalue weighted by Crippen LogP contribution is 2.34. The molecule has 1 heterocycles. The zero-order valence-electron chi connectivity index (χ0n) is 11.2. The molecule has 4 nitrogen and oxygen atoms in total. The summed E-state index contributed by atoms with van der Waals surface area (Å²) in [4.78, 5) is 14.0. The van der Waals surface area contributed by atoms with Crippen molar-refractivity contribution >= 4 is 11.6 Å². The van der Waals surface area contributed by atoms with Crippen LogP contribution in [0.5, 0.6) is 5.75 Å².